The molecule has 7 heteroatoms. The van der Waals surface area contributed by atoms with Gasteiger partial charge < -0.3 is 4.74 Å². The van der Waals surface area contributed by atoms with E-state index in [1.807, 2.05) is 6.92 Å². The van der Waals surface area contributed by atoms with Crippen LogP contribution in [0.25, 0.3) is 0 Å². The minimum atomic E-state index is -3.64. The molecule has 22 heavy (non-hydrogen) atoms. The number of nitrogens with zero attached hydrogens (tertiary/aromatic N) is 1. The van der Waals surface area contributed by atoms with Crippen molar-refractivity contribution in [3.8, 4) is 0 Å². The quantitative estimate of drug-likeness (QED) is 0.791. The first-order chi connectivity index (χ1) is 10.4. The van der Waals surface area contributed by atoms with Crippen LogP contribution in [0, 0.1) is 12.8 Å². The molecule has 0 bridgehead atoms. The lowest BCUT2D eigenvalue weighted by Gasteiger charge is -2.31. The summed E-state index contributed by atoms with van der Waals surface area (Å²) in [5, 5.41) is 0. The van der Waals surface area contributed by atoms with Crippen molar-refractivity contribution in [3.63, 3.8) is 0 Å². The number of hydrogen-bond acceptors (Lipinski definition) is 5. The highest BCUT2D eigenvalue weighted by Gasteiger charge is 2.51. The third kappa shape index (κ3) is 2.59. The molecule has 1 aromatic rings. The summed E-state index contributed by atoms with van der Waals surface area (Å²) in [6, 6.07) is 2.70. The van der Waals surface area contributed by atoms with Gasteiger partial charge in [-0.1, -0.05) is 12.8 Å². The van der Waals surface area contributed by atoms with Crippen LogP contribution >= 0.6 is 11.3 Å². The molecular formula is C15H21NO4S2. The van der Waals surface area contributed by atoms with Crippen LogP contribution < -0.4 is 0 Å². The monoisotopic (exact) mass is 343 g/mol. The molecule has 1 aromatic heterocycles. The normalized spacial score (nSPS) is 29.3. The van der Waals surface area contributed by atoms with Crippen molar-refractivity contribution in [1.29, 1.82) is 0 Å². The van der Waals surface area contributed by atoms with Gasteiger partial charge in [-0.3, -0.25) is 4.79 Å². The highest BCUT2D eigenvalue weighted by atomic mass is 32.2. The van der Waals surface area contributed by atoms with Gasteiger partial charge in [-0.2, -0.15) is 4.31 Å². The van der Waals surface area contributed by atoms with Gasteiger partial charge in [0.2, 0.25) is 0 Å². The van der Waals surface area contributed by atoms with E-state index in [9.17, 15) is 13.2 Å². The van der Waals surface area contributed by atoms with Gasteiger partial charge in [0.1, 0.15) is 10.3 Å². The number of hydrogen-bond donors (Lipinski definition) is 0. The molecule has 1 saturated heterocycles. The summed E-state index contributed by atoms with van der Waals surface area (Å²) in [4.78, 5) is 13.1. The smallest absolute Gasteiger partial charge is 0.324 e. The predicted octanol–water partition coefficient (Wildman–Crippen LogP) is 2.55. The lowest BCUT2D eigenvalue weighted by Crippen LogP contribution is -2.46. The SMILES string of the molecule is COC(=O)[C@@H]1C[C@@H]2CCCC[C@@H]2N1S(=O)(=O)c1ccc(C)s1. The van der Waals surface area contributed by atoms with Crippen LogP contribution in [-0.4, -0.2) is 37.9 Å². The summed E-state index contributed by atoms with van der Waals surface area (Å²) >= 11 is 1.26. The fourth-order valence-corrected chi connectivity index (χ4v) is 7.01. The van der Waals surface area contributed by atoms with E-state index in [2.05, 4.69) is 0 Å². The molecule has 122 valence electrons. The molecule has 2 heterocycles. The molecule has 0 amide bonds. The van der Waals surface area contributed by atoms with Crippen LogP contribution in [0.4, 0.5) is 0 Å². The van der Waals surface area contributed by atoms with Crippen LogP contribution in [0.5, 0.6) is 0 Å². The van der Waals surface area contributed by atoms with E-state index in [0.717, 1.165) is 30.6 Å². The molecule has 1 aliphatic carbocycles. The zero-order chi connectivity index (χ0) is 15.9. The minimum absolute atomic E-state index is 0.0646. The number of carbonyl (C=O) groups excluding carboxylic acids is 1. The number of methoxy groups -OCH3 is 1. The Hall–Kier alpha value is -0.920. The largest absolute Gasteiger partial charge is 0.468 e. The Kier molecular flexibility index (Phi) is 4.31. The first-order valence-electron chi connectivity index (χ1n) is 7.63. The average Bonchev–Trinajstić information content (AvgIpc) is 3.10. The van der Waals surface area contributed by atoms with Crippen molar-refractivity contribution in [2.45, 2.75) is 55.3 Å². The van der Waals surface area contributed by atoms with E-state index in [0.29, 0.717) is 10.6 Å². The van der Waals surface area contributed by atoms with Crippen molar-refractivity contribution in [1.82, 2.24) is 4.31 Å². The van der Waals surface area contributed by atoms with E-state index >= 15 is 0 Å². The van der Waals surface area contributed by atoms with Gasteiger partial charge in [0.15, 0.2) is 0 Å². The number of thiophene rings is 1. The molecule has 0 radical (unpaired) electrons. The van der Waals surface area contributed by atoms with Crippen LogP contribution in [0.15, 0.2) is 16.3 Å². The molecular weight excluding hydrogens is 322 g/mol. The van der Waals surface area contributed by atoms with Crippen LogP contribution in [0.3, 0.4) is 0 Å². The molecule has 0 spiro atoms. The predicted molar refractivity (Wildman–Crippen MR) is 84.2 cm³/mol. The van der Waals surface area contributed by atoms with Crippen LogP contribution in [-0.2, 0) is 19.6 Å². The summed E-state index contributed by atoms with van der Waals surface area (Å²) in [6.07, 6.45) is 4.54. The minimum Gasteiger partial charge on any atom is -0.468 e. The number of sulfonamides is 1. The average molecular weight is 343 g/mol. The summed E-state index contributed by atoms with van der Waals surface area (Å²) in [7, 11) is -2.32. The lowest BCUT2D eigenvalue weighted by atomic mass is 9.85. The van der Waals surface area contributed by atoms with Crippen molar-refractivity contribution in [2.24, 2.45) is 5.92 Å². The number of fused-ring (bicyclic) bond motifs is 1. The summed E-state index contributed by atoms with van der Waals surface area (Å²) in [5.74, 6) is -0.167. The second kappa shape index (κ2) is 5.94. The van der Waals surface area contributed by atoms with E-state index in [1.165, 1.54) is 22.8 Å². The van der Waals surface area contributed by atoms with E-state index in [1.54, 1.807) is 12.1 Å². The third-order valence-electron chi connectivity index (χ3n) is 4.75. The Morgan fingerprint density at radius 1 is 1.32 bits per heavy atom. The van der Waals surface area contributed by atoms with Gasteiger partial charge in [-0.25, -0.2) is 8.42 Å². The molecule has 5 nitrogen and oxygen atoms in total. The van der Waals surface area contributed by atoms with Crippen LogP contribution in [0.2, 0.25) is 0 Å². The number of aryl methyl sites for hydroxylation is 1. The second-order valence-corrected chi connectivity index (χ2v) is 9.44. The molecule has 1 saturated carbocycles. The lowest BCUT2D eigenvalue weighted by molar-refractivity contribution is -0.144. The van der Waals surface area contributed by atoms with E-state index in [4.69, 9.17) is 4.74 Å². The highest BCUT2D eigenvalue weighted by Crippen LogP contribution is 2.43. The Bertz CT molecular complexity index is 667. The first kappa shape index (κ1) is 16.0. The van der Waals surface area contributed by atoms with Gasteiger partial charge >= 0.3 is 5.97 Å². The molecule has 2 fully saturated rings. The molecule has 0 aromatic carbocycles. The summed E-state index contributed by atoms with van der Waals surface area (Å²) in [6.45, 7) is 1.88. The zero-order valence-electron chi connectivity index (χ0n) is 12.8. The maximum absolute atomic E-state index is 13.1. The standard InChI is InChI=1S/C15H21NO4S2/c1-10-7-8-14(21-10)22(18,19)16-12-6-4-3-5-11(12)9-13(16)15(17)20-2/h7-8,11-13H,3-6,9H2,1-2H3/t11-,12-,13-/m0/s1. The van der Waals surface area contributed by atoms with Gasteiger partial charge in [-0.15, -0.1) is 11.3 Å². The van der Waals surface area contributed by atoms with Crippen molar-refractivity contribution in [3.05, 3.63) is 17.0 Å². The van der Waals surface area contributed by atoms with Gasteiger partial charge in [0.25, 0.3) is 10.0 Å². The van der Waals surface area contributed by atoms with E-state index < -0.39 is 22.0 Å². The maximum Gasteiger partial charge on any atom is 0.324 e. The Morgan fingerprint density at radius 2 is 2.05 bits per heavy atom. The van der Waals surface area contributed by atoms with Crippen molar-refractivity contribution in [2.75, 3.05) is 7.11 Å². The highest BCUT2D eigenvalue weighted by molar-refractivity contribution is 7.91. The van der Waals surface area contributed by atoms with Crippen molar-refractivity contribution < 1.29 is 17.9 Å². The van der Waals surface area contributed by atoms with E-state index in [-0.39, 0.29) is 12.0 Å². The van der Waals surface area contributed by atoms with Gasteiger partial charge in [0.05, 0.1) is 7.11 Å². The second-order valence-electron chi connectivity index (χ2n) is 6.09. The number of ether oxygens (including phenoxy) is 1. The fourth-order valence-electron chi connectivity index (χ4n) is 3.76. The van der Waals surface area contributed by atoms with Crippen molar-refractivity contribution >= 4 is 27.3 Å². The molecule has 2 aliphatic rings. The Labute approximate surface area is 135 Å². The number of esters is 1. The third-order valence-corrected chi connectivity index (χ3v) is 8.15. The zero-order valence-corrected chi connectivity index (χ0v) is 14.5. The summed E-state index contributed by atoms with van der Waals surface area (Å²) < 4.78 is 32.8. The fraction of sp³-hybridized carbons (Fsp3) is 0.667. The Balaban J connectivity index is 2.01. The number of rotatable bonds is 3. The maximum atomic E-state index is 13.1. The first-order valence-corrected chi connectivity index (χ1v) is 9.88. The summed E-state index contributed by atoms with van der Waals surface area (Å²) in [5.41, 5.74) is 0. The molecule has 0 N–H and O–H groups in total. The Morgan fingerprint density at radius 3 is 2.68 bits per heavy atom. The van der Waals surface area contributed by atoms with Crippen LogP contribution in [0.1, 0.15) is 37.0 Å². The number of carbonyl (C=O) groups is 1. The molecule has 3 rings (SSSR count). The van der Waals surface area contributed by atoms with Gasteiger partial charge in [0, 0.05) is 10.9 Å². The molecule has 3 atom stereocenters. The molecule has 1 aliphatic heterocycles. The van der Waals surface area contributed by atoms with Gasteiger partial charge in [-0.05, 0) is 44.2 Å². The molecule has 0 unspecified atom stereocenters. The topological polar surface area (TPSA) is 63.7 Å².